The van der Waals surface area contributed by atoms with Gasteiger partial charge in [0, 0.05) is 17.3 Å². The molecule has 5 fully saturated rings. The van der Waals surface area contributed by atoms with Crippen LogP contribution < -0.4 is 5.32 Å². The maximum absolute atomic E-state index is 4.14. The largest absolute Gasteiger partial charge is 0.310 e. The van der Waals surface area contributed by atoms with E-state index in [1.807, 2.05) is 0 Å². The van der Waals surface area contributed by atoms with Crippen molar-refractivity contribution < 1.29 is 0 Å². The van der Waals surface area contributed by atoms with Crippen molar-refractivity contribution in [2.24, 2.45) is 23.7 Å². The van der Waals surface area contributed by atoms with E-state index in [1.54, 1.807) is 32.1 Å². The van der Waals surface area contributed by atoms with Crippen LogP contribution in [0.1, 0.15) is 51.4 Å². The average molecular weight is 265 g/mol. The first-order valence-corrected chi connectivity index (χ1v) is 9.41. The van der Waals surface area contributed by atoms with Crippen molar-refractivity contribution in [2.75, 3.05) is 6.26 Å². The topological polar surface area (TPSA) is 12.0 Å². The van der Waals surface area contributed by atoms with E-state index in [4.69, 9.17) is 0 Å². The van der Waals surface area contributed by atoms with Crippen molar-refractivity contribution in [3.63, 3.8) is 0 Å². The van der Waals surface area contributed by atoms with Crippen LogP contribution in [0.3, 0.4) is 0 Å². The Bertz CT molecular complexity index is 288. The van der Waals surface area contributed by atoms with Gasteiger partial charge in [0.2, 0.25) is 0 Å². The molecule has 0 radical (unpaired) electrons. The Balaban J connectivity index is 1.45. The fraction of sp³-hybridized carbons (Fsp3) is 1.00. The van der Waals surface area contributed by atoms with Crippen molar-refractivity contribution >= 4 is 11.8 Å². The van der Waals surface area contributed by atoms with Gasteiger partial charge in [-0.25, -0.2) is 0 Å². The Labute approximate surface area is 116 Å². The highest BCUT2D eigenvalue weighted by Crippen LogP contribution is 2.54. The van der Waals surface area contributed by atoms with E-state index in [2.05, 4.69) is 23.3 Å². The number of hydrogen-bond donors (Lipinski definition) is 1. The molecule has 5 aliphatic rings. The molecule has 0 aromatic heterocycles. The lowest BCUT2D eigenvalue weighted by atomic mass is 9.54. The molecule has 0 amide bonds. The summed E-state index contributed by atoms with van der Waals surface area (Å²) < 4.78 is 0. The van der Waals surface area contributed by atoms with Crippen molar-refractivity contribution in [3.05, 3.63) is 0 Å². The third-order valence-electron chi connectivity index (χ3n) is 6.39. The SMILES string of the molecule is CSC1CCCC1NC1C2CC3CC(C2)CC1C3. The lowest BCUT2D eigenvalue weighted by Gasteiger charge is -2.55. The highest BCUT2D eigenvalue weighted by Gasteiger charge is 2.49. The molecule has 2 atom stereocenters. The molecular formula is C16H27NS. The van der Waals surface area contributed by atoms with Crippen molar-refractivity contribution in [1.82, 2.24) is 5.32 Å². The second-order valence-corrected chi connectivity index (χ2v) is 8.51. The Morgan fingerprint density at radius 3 is 2.17 bits per heavy atom. The van der Waals surface area contributed by atoms with Crippen molar-refractivity contribution in [2.45, 2.75) is 68.7 Å². The van der Waals surface area contributed by atoms with Gasteiger partial charge in [-0.05, 0) is 74.9 Å². The smallest absolute Gasteiger partial charge is 0.0198 e. The minimum Gasteiger partial charge on any atom is -0.310 e. The van der Waals surface area contributed by atoms with Gasteiger partial charge in [-0.1, -0.05) is 6.42 Å². The molecule has 1 nitrogen and oxygen atoms in total. The van der Waals surface area contributed by atoms with Gasteiger partial charge in [0.25, 0.3) is 0 Å². The van der Waals surface area contributed by atoms with Gasteiger partial charge in [0.1, 0.15) is 0 Å². The zero-order valence-electron chi connectivity index (χ0n) is 11.6. The molecule has 18 heavy (non-hydrogen) atoms. The Hall–Kier alpha value is 0.310. The molecule has 5 saturated carbocycles. The molecule has 5 aliphatic carbocycles. The van der Waals surface area contributed by atoms with E-state index < -0.39 is 0 Å². The number of thioether (sulfide) groups is 1. The predicted octanol–water partition coefficient (Wildman–Crippen LogP) is 3.68. The maximum atomic E-state index is 4.14. The first-order chi connectivity index (χ1) is 8.83. The highest BCUT2D eigenvalue weighted by molar-refractivity contribution is 7.99. The molecule has 2 heteroatoms. The second kappa shape index (κ2) is 4.70. The Morgan fingerprint density at radius 1 is 0.889 bits per heavy atom. The van der Waals surface area contributed by atoms with Crippen LogP contribution in [0, 0.1) is 23.7 Å². The van der Waals surface area contributed by atoms with Gasteiger partial charge in [-0.15, -0.1) is 0 Å². The molecule has 102 valence electrons. The van der Waals surface area contributed by atoms with Crippen LogP contribution in [0.15, 0.2) is 0 Å². The lowest BCUT2D eigenvalue weighted by molar-refractivity contribution is -0.0172. The predicted molar refractivity (Wildman–Crippen MR) is 78.9 cm³/mol. The van der Waals surface area contributed by atoms with Gasteiger partial charge in [0.05, 0.1) is 0 Å². The van der Waals surface area contributed by atoms with E-state index in [0.717, 1.165) is 41.0 Å². The van der Waals surface area contributed by atoms with Gasteiger partial charge >= 0.3 is 0 Å². The van der Waals surface area contributed by atoms with Crippen molar-refractivity contribution in [1.29, 1.82) is 0 Å². The minimum absolute atomic E-state index is 0.836. The number of rotatable bonds is 3. The first kappa shape index (κ1) is 12.1. The minimum atomic E-state index is 0.836. The molecule has 1 N–H and O–H groups in total. The summed E-state index contributed by atoms with van der Waals surface area (Å²) in [6, 6.07) is 1.73. The summed E-state index contributed by atoms with van der Waals surface area (Å²) in [7, 11) is 0. The summed E-state index contributed by atoms with van der Waals surface area (Å²) in [6.07, 6.45) is 14.5. The number of nitrogens with one attached hydrogen (secondary N) is 1. The third-order valence-corrected chi connectivity index (χ3v) is 7.56. The highest BCUT2D eigenvalue weighted by atomic mass is 32.2. The molecule has 0 heterocycles. The summed E-state index contributed by atoms with van der Waals surface area (Å²) in [5.41, 5.74) is 0. The van der Waals surface area contributed by atoms with Gasteiger partial charge in [-0.2, -0.15) is 11.8 Å². The average Bonchev–Trinajstić information content (AvgIpc) is 2.80. The zero-order chi connectivity index (χ0) is 12.1. The maximum Gasteiger partial charge on any atom is 0.0198 e. The lowest BCUT2D eigenvalue weighted by Crippen LogP contribution is -2.57. The fourth-order valence-corrected chi connectivity index (χ4v) is 6.79. The van der Waals surface area contributed by atoms with Crippen LogP contribution in [0.2, 0.25) is 0 Å². The van der Waals surface area contributed by atoms with Crippen molar-refractivity contribution in [3.8, 4) is 0 Å². The van der Waals surface area contributed by atoms with Crippen LogP contribution in [0.4, 0.5) is 0 Å². The van der Waals surface area contributed by atoms with E-state index in [1.165, 1.54) is 19.3 Å². The molecule has 4 bridgehead atoms. The Morgan fingerprint density at radius 2 is 1.56 bits per heavy atom. The summed E-state index contributed by atoms with van der Waals surface area (Å²) in [6.45, 7) is 0. The third kappa shape index (κ3) is 1.95. The molecule has 0 aromatic rings. The number of hydrogen-bond acceptors (Lipinski definition) is 2. The fourth-order valence-electron chi connectivity index (χ4n) is 5.84. The van der Waals surface area contributed by atoms with E-state index in [9.17, 15) is 0 Å². The quantitative estimate of drug-likeness (QED) is 0.835. The van der Waals surface area contributed by atoms with E-state index >= 15 is 0 Å². The van der Waals surface area contributed by atoms with Gasteiger partial charge in [-0.3, -0.25) is 0 Å². The molecule has 0 aromatic carbocycles. The summed E-state index contributed by atoms with van der Waals surface area (Å²) in [5.74, 6) is 4.32. The normalized spacial score (nSPS) is 54.2. The standard InChI is InChI=1S/C16H27NS/c1-18-15-4-2-3-14(15)17-16-12-6-10-5-11(8-12)9-13(16)7-10/h10-17H,2-9H2,1H3. The van der Waals surface area contributed by atoms with E-state index in [0.29, 0.717) is 0 Å². The van der Waals surface area contributed by atoms with E-state index in [-0.39, 0.29) is 0 Å². The van der Waals surface area contributed by atoms with Crippen LogP contribution >= 0.6 is 11.8 Å². The monoisotopic (exact) mass is 265 g/mol. The second-order valence-electron chi connectivity index (χ2n) is 7.43. The summed E-state index contributed by atoms with van der Waals surface area (Å²) >= 11 is 2.10. The summed E-state index contributed by atoms with van der Waals surface area (Å²) in [4.78, 5) is 0. The van der Waals surface area contributed by atoms with Crippen LogP contribution in [-0.2, 0) is 0 Å². The summed E-state index contributed by atoms with van der Waals surface area (Å²) in [5, 5.41) is 5.05. The van der Waals surface area contributed by atoms with Crippen LogP contribution in [0.5, 0.6) is 0 Å². The molecule has 2 unspecified atom stereocenters. The van der Waals surface area contributed by atoms with Crippen LogP contribution in [-0.4, -0.2) is 23.6 Å². The van der Waals surface area contributed by atoms with Crippen LogP contribution in [0.25, 0.3) is 0 Å². The first-order valence-electron chi connectivity index (χ1n) is 8.12. The molecule has 5 rings (SSSR count). The molecule has 0 saturated heterocycles. The zero-order valence-corrected chi connectivity index (χ0v) is 12.4. The van der Waals surface area contributed by atoms with Gasteiger partial charge < -0.3 is 5.32 Å². The molecular weight excluding hydrogens is 238 g/mol. The molecule has 0 spiro atoms. The molecule has 0 aliphatic heterocycles. The van der Waals surface area contributed by atoms with Gasteiger partial charge in [0.15, 0.2) is 0 Å². The Kier molecular flexibility index (Phi) is 3.15.